The molecule has 0 bridgehead atoms. The Morgan fingerprint density at radius 3 is 2.28 bits per heavy atom. The third kappa shape index (κ3) is 4.81. The van der Waals surface area contributed by atoms with E-state index in [1.54, 1.807) is 18.2 Å². The number of methoxy groups -OCH3 is 2. The van der Waals surface area contributed by atoms with Gasteiger partial charge in [-0.05, 0) is 30.3 Å². The number of amides is 1. The van der Waals surface area contributed by atoms with Crippen LogP contribution in [0.15, 0.2) is 41.3 Å². The Morgan fingerprint density at radius 1 is 1.07 bits per heavy atom. The van der Waals surface area contributed by atoms with Gasteiger partial charge < -0.3 is 19.5 Å². The first kappa shape index (κ1) is 21.4. The van der Waals surface area contributed by atoms with Gasteiger partial charge in [0.05, 0.1) is 32.5 Å². The predicted octanol–water partition coefficient (Wildman–Crippen LogP) is 2.63. The molecule has 0 spiro atoms. The monoisotopic (exact) mass is 440 g/mol. The number of benzene rings is 2. The molecule has 8 nitrogen and oxygen atoms in total. The predicted molar refractivity (Wildman–Crippen MR) is 109 cm³/mol. The minimum absolute atomic E-state index is 0.0675. The van der Waals surface area contributed by atoms with Crippen molar-refractivity contribution in [2.45, 2.75) is 4.90 Å². The molecule has 1 fully saturated rings. The molecule has 10 heteroatoms. The number of hydrogen-bond acceptors (Lipinski definition) is 6. The number of nitrogens with one attached hydrogen (secondary N) is 1. The molecule has 1 saturated heterocycles. The van der Waals surface area contributed by atoms with Crippen LogP contribution in [0, 0.1) is 0 Å². The molecule has 0 unspecified atom stereocenters. The molecular formula is C19H21ClN2O6S. The standard InChI is InChI=1S/C19H21ClN2O6S/c1-26-15-9-13(10-16(12-15)27-2)19(23)21-14-3-4-17(20)18(11-14)29(24,25)22-5-7-28-8-6-22/h3-4,9-12H,5-8H2,1-2H3,(H,21,23). The number of rotatable bonds is 6. The molecule has 3 rings (SSSR count). The summed E-state index contributed by atoms with van der Waals surface area (Å²) in [5.41, 5.74) is 0.599. The van der Waals surface area contributed by atoms with E-state index in [1.807, 2.05) is 0 Å². The number of morpholine rings is 1. The number of carbonyl (C=O) groups excluding carboxylic acids is 1. The van der Waals surface area contributed by atoms with Crippen LogP contribution in [0.5, 0.6) is 11.5 Å². The summed E-state index contributed by atoms with van der Waals surface area (Å²) < 4.78 is 42.7. The van der Waals surface area contributed by atoms with E-state index in [0.29, 0.717) is 36.0 Å². The van der Waals surface area contributed by atoms with E-state index in [-0.39, 0.29) is 23.0 Å². The van der Waals surface area contributed by atoms with Crippen molar-refractivity contribution in [2.24, 2.45) is 0 Å². The Labute approximate surface area is 174 Å². The first-order valence-electron chi connectivity index (χ1n) is 8.77. The van der Waals surface area contributed by atoms with Crippen LogP contribution in [0.1, 0.15) is 10.4 Å². The van der Waals surface area contributed by atoms with Crippen LogP contribution in [-0.4, -0.2) is 59.2 Å². The van der Waals surface area contributed by atoms with E-state index in [4.69, 9.17) is 25.8 Å². The summed E-state index contributed by atoms with van der Waals surface area (Å²) in [6.45, 7) is 1.15. The second-order valence-corrected chi connectivity index (χ2v) is 8.53. The summed E-state index contributed by atoms with van der Waals surface area (Å²) in [4.78, 5) is 12.6. The van der Waals surface area contributed by atoms with E-state index in [1.165, 1.54) is 36.7 Å². The molecule has 1 N–H and O–H groups in total. The number of ether oxygens (including phenoxy) is 3. The Balaban J connectivity index is 1.87. The minimum Gasteiger partial charge on any atom is -0.497 e. The molecule has 0 radical (unpaired) electrons. The Hall–Kier alpha value is -2.33. The summed E-state index contributed by atoms with van der Waals surface area (Å²) in [5, 5.41) is 2.77. The van der Waals surface area contributed by atoms with E-state index in [0.717, 1.165) is 0 Å². The van der Waals surface area contributed by atoms with Gasteiger partial charge in [0, 0.05) is 30.4 Å². The fourth-order valence-corrected chi connectivity index (χ4v) is 4.75. The zero-order valence-electron chi connectivity index (χ0n) is 16.0. The number of anilines is 1. The summed E-state index contributed by atoms with van der Waals surface area (Å²) in [7, 11) is -0.838. The van der Waals surface area contributed by atoms with Crippen molar-refractivity contribution in [2.75, 3.05) is 45.8 Å². The molecule has 1 amide bonds. The Morgan fingerprint density at radius 2 is 1.69 bits per heavy atom. The van der Waals surface area contributed by atoms with Crippen LogP contribution in [0.2, 0.25) is 5.02 Å². The highest BCUT2D eigenvalue weighted by Crippen LogP contribution is 2.29. The molecule has 2 aromatic carbocycles. The molecule has 0 aromatic heterocycles. The van der Waals surface area contributed by atoms with Crippen LogP contribution >= 0.6 is 11.6 Å². The molecule has 2 aromatic rings. The number of carbonyl (C=O) groups is 1. The largest absolute Gasteiger partial charge is 0.497 e. The average Bonchev–Trinajstić information content (AvgIpc) is 2.75. The van der Waals surface area contributed by atoms with Crippen molar-refractivity contribution >= 4 is 33.2 Å². The zero-order chi connectivity index (χ0) is 21.0. The minimum atomic E-state index is -3.81. The van der Waals surface area contributed by atoms with Crippen molar-refractivity contribution in [3.8, 4) is 11.5 Å². The first-order chi connectivity index (χ1) is 13.8. The third-order valence-corrected chi connectivity index (χ3v) is 6.77. The summed E-state index contributed by atoms with van der Waals surface area (Å²) in [6.07, 6.45) is 0. The molecule has 1 heterocycles. The SMILES string of the molecule is COc1cc(OC)cc(C(=O)Nc2ccc(Cl)c(S(=O)(=O)N3CCOCC3)c2)c1. The highest BCUT2D eigenvalue weighted by atomic mass is 35.5. The molecular weight excluding hydrogens is 420 g/mol. The number of sulfonamides is 1. The lowest BCUT2D eigenvalue weighted by Crippen LogP contribution is -2.40. The van der Waals surface area contributed by atoms with Gasteiger partial charge in [0.15, 0.2) is 0 Å². The lowest BCUT2D eigenvalue weighted by atomic mass is 10.2. The fraction of sp³-hybridized carbons (Fsp3) is 0.316. The molecule has 0 saturated carbocycles. The van der Waals surface area contributed by atoms with Gasteiger partial charge in [-0.25, -0.2) is 8.42 Å². The van der Waals surface area contributed by atoms with Gasteiger partial charge in [-0.3, -0.25) is 4.79 Å². The van der Waals surface area contributed by atoms with Crippen LogP contribution in [-0.2, 0) is 14.8 Å². The Kier molecular flexibility index (Phi) is 6.63. The highest BCUT2D eigenvalue weighted by Gasteiger charge is 2.28. The van der Waals surface area contributed by atoms with Crippen LogP contribution in [0.25, 0.3) is 0 Å². The van der Waals surface area contributed by atoms with E-state index < -0.39 is 15.9 Å². The van der Waals surface area contributed by atoms with Gasteiger partial charge in [-0.2, -0.15) is 4.31 Å². The maximum absolute atomic E-state index is 12.9. The fourth-order valence-electron chi connectivity index (χ4n) is 2.85. The van der Waals surface area contributed by atoms with Crippen molar-refractivity contribution in [1.29, 1.82) is 0 Å². The zero-order valence-corrected chi connectivity index (χ0v) is 17.5. The van der Waals surface area contributed by atoms with Crippen molar-refractivity contribution in [3.63, 3.8) is 0 Å². The third-order valence-electron chi connectivity index (χ3n) is 4.39. The topological polar surface area (TPSA) is 94.2 Å². The summed E-state index contributed by atoms with van der Waals surface area (Å²) in [5.74, 6) is 0.474. The maximum atomic E-state index is 12.9. The summed E-state index contributed by atoms with van der Waals surface area (Å²) in [6, 6.07) is 9.08. The molecule has 1 aliphatic heterocycles. The van der Waals surface area contributed by atoms with Crippen LogP contribution < -0.4 is 14.8 Å². The van der Waals surface area contributed by atoms with E-state index >= 15 is 0 Å². The van der Waals surface area contributed by atoms with Crippen molar-refractivity contribution in [3.05, 3.63) is 47.0 Å². The van der Waals surface area contributed by atoms with Gasteiger partial charge in [0.25, 0.3) is 5.91 Å². The number of halogens is 1. The van der Waals surface area contributed by atoms with Crippen LogP contribution in [0.4, 0.5) is 5.69 Å². The quantitative estimate of drug-likeness (QED) is 0.742. The molecule has 0 aliphatic carbocycles. The molecule has 156 valence electrons. The molecule has 1 aliphatic rings. The van der Waals surface area contributed by atoms with Gasteiger partial charge in [-0.1, -0.05) is 11.6 Å². The second-order valence-electron chi connectivity index (χ2n) is 6.22. The van der Waals surface area contributed by atoms with Crippen LogP contribution in [0.3, 0.4) is 0 Å². The highest BCUT2D eigenvalue weighted by molar-refractivity contribution is 7.89. The number of hydrogen-bond donors (Lipinski definition) is 1. The lowest BCUT2D eigenvalue weighted by molar-refractivity contribution is 0.0730. The van der Waals surface area contributed by atoms with Gasteiger partial charge in [-0.15, -0.1) is 0 Å². The van der Waals surface area contributed by atoms with Crippen molar-refractivity contribution in [1.82, 2.24) is 4.31 Å². The lowest BCUT2D eigenvalue weighted by Gasteiger charge is -2.26. The number of nitrogens with zero attached hydrogens (tertiary/aromatic N) is 1. The second kappa shape index (κ2) is 9.00. The van der Waals surface area contributed by atoms with Gasteiger partial charge >= 0.3 is 0 Å². The smallest absolute Gasteiger partial charge is 0.255 e. The Bertz CT molecular complexity index is 984. The maximum Gasteiger partial charge on any atom is 0.255 e. The van der Waals surface area contributed by atoms with Gasteiger partial charge in [0.2, 0.25) is 10.0 Å². The average molecular weight is 441 g/mol. The van der Waals surface area contributed by atoms with Gasteiger partial charge in [0.1, 0.15) is 16.4 Å². The molecule has 29 heavy (non-hydrogen) atoms. The van der Waals surface area contributed by atoms with Crippen molar-refractivity contribution < 1.29 is 27.4 Å². The van der Waals surface area contributed by atoms with E-state index in [9.17, 15) is 13.2 Å². The molecule has 0 atom stereocenters. The normalized spacial score (nSPS) is 15.0. The summed E-state index contributed by atoms with van der Waals surface area (Å²) >= 11 is 6.15. The van der Waals surface area contributed by atoms with E-state index in [2.05, 4.69) is 5.32 Å². The first-order valence-corrected chi connectivity index (χ1v) is 10.6.